The number of ketones is 1. The number of nitrogens with zero attached hydrogens (tertiary/aromatic N) is 4. The first-order valence-corrected chi connectivity index (χ1v) is 12.2. The first-order chi connectivity index (χ1) is 17.0. The Morgan fingerprint density at radius 3 is 2.61 bits per heavy atom. The Labute approximate surface area is 208 Å². The van der Waals surface area contributed by atoms with E-state index in [1.807, 2.05) is 26.8 Å². The average Bonchev–Trinajstić information content (AvgIpc) is 3.19. The number of hydrogen-bond acceptors (Lipinski definition) is 6. The predicted molar refractivity (Wildman–Crippen MR) is 131 cm³/mol. The molecule has 0 fully saturated rings. The van der Waals surface area contributed by atoms with E-state index in [9.17, 15) is 23.6 Å². The van der Waals surface area contributed by atoms with E-state index in [0.29, 0.717) is 31.4 Å². The van der Waals surface area contributed by atoms with E-state index in [-0.39, 0.29) is 34.6 Å². The number of aliphatic imine (C=N–C) groups is 1. The molecule has 1 aromatic heterocycles. The van der Waals surface area contributed by atoms with E-state index in [1.54, 1.807) is 6.07 Å². The molecule has 0 saturated carbocycles. The Kier molecular flexibility index (Phi) is 7.34. The van der Waals surface area contributed by atoms with E-state index in [0.717, 1.165) is 47.4 Å². The van der Waals surface area contributed by atoms with Gasteiger partial charge in [-0.25, -0.2) is 13.5 Å². The lowest BCUT2D eigenvalue weighted by molar-refractivity contribution is -0.121. The number of carbonyl (C=O) groups excluding carboxylic acids is 1. The third-order valence-electron chi connectivity index (χ3n) is 6.31. The summed E-state index contributed by atoms with van der Waals surface area (Å²) in [5.41, 5.74) is 4.44. The molecule has 190 valence electrons. The molecule has 0 spiro atoms. The number of Topliss-reactive ketones (excluding diaryl/α,β-unsaturated/α-hetero) is 1. The summed E-state index contributed by atoms with van der Waals surface area (Å²) in [6.45, 7) is 5.10. The topological polar surface area (TPSA) is 97.3 Å². The maximum Gasteiger partial charge on any atom is 0.272 e. The molecule has 0 N–H and O–H groups in total. The van der Waals surface area contributed by atoms with Crippen molar-refractivity contribution >= 4 is 17.2 Å². The lowest BCUT2D eigenvalue weighted by Gasteiger charge is -2.21. The van der Waals surface area contributed by atoms with Gasteiger partial charge in [0.25, 0.3) is 12.0 Å². The van der Waals surface area contributed by atoms with Gasteiger partial charge in [0.05, 0.1) is 16.9 Å². The molecule has 1 aromatic carbocycles. The smallest absolute Gasteiger partial charge is 0.272 e. The molecule has 2 heterocycles. The highest BCUT2D eigenvalue weighted by Gasteiger charge is 2.25. The summed E-state index contributed by atoms with van der Waals surface area (Å²) >= 11 is 0. The van der Waals surface area contributed by atoms with Gasteiger partial charge in [0.2, 0.25) is 0 Å². The molecular weight excluding hydrogens is 466 g/mol. The molecule has 0 amide bonds. The van der Waals surface area contributed by atoms with Gasteiger partial charge in [-0.1, -0.05) is 20.8 Å². The average molecular weight is 497 g/mol. The van der Waals surface area contributed by atoms with Crippen LogP contribution < -0.4 is 10.3 Å². The molecule has 2 aliphatic rings. The van der Waals surface area contributed by atoms with Crippen LogP contribution in [0, 0.1) is 16.7 Å². The van der Waals surface area contributed by atoms with Gasteiger partial charge in [0, 0.05) is 36.6 Å². The molecule has 36 heavy (non-hydrogen) atoms. The molecule has 0 saturated heterocycles. The van der Waals surface area contributed by atoms with Crippen LogP contribution in [0.5, 0.6) is 5.75 Å². The van der Waals surface area contributed by atoms with Crippen LogP contribution in [0.3, 0.4) is 0 Å². The zero-order chi connectivity index (χ0) is 26.0. The summed E-state index contributed by atoms with van der Waals surface area (Å²) in [7, 11) is 0. The zero-order valence-corrected chi connectivity index (χ0v) is 20.9. The van der Waals surface area contributed by atoms with E-state index >= 15 is 0 Å². The van der Waals surface area contributed by atoms with Crippen molar-refractivity contribution in [3.8, 4) is 11.8 Å². The van der Waals surface area contributed by atoms with Crippen LogP contribution in [-0.4, -0.2) is 34.3 Å². The van der Waals surface area contributed by atoms with Crippen LogP contribution in [0.4, 0.5) is 14.5 Å². The number of nitriles is 1. The lowest BCUT2D eigenvalue weighted by Crippen LogP contribution is -2.34. The monoisotopic (exact) mass is 496 g/mol. The van der Waals surface area contributed by atoms with Gasteiger partial charge >= 0.3 is 0 Å². The molecule has 1 aliphatic heterocycles. The number of hydrogen-bond donors (Lipinski definition) is 0. The second-order valence-corrected chi connectivity index (χ2v) is 10.7. The van der Waals surface area contributed by atoms with Crippen LogP contribution in [0.1, 0.15) is 68.0 Å². The number of carbonyl (C=O) groups is 1. The Morgan fingerprint density at radius 1 is 1.22 bits per heavy atom. The molecule has 2 aromatic rings. The summed E-state index contributed by atoms with van der Waals surface area (Å²) in [6.07, 6.45) is 1.91. The Hall–Kier alpha value is -3.41. The second-order valence-electron chi connectivity index (χ2n) is 10.7. The zero-order valence-electron chi connectivity index (χ0n) is 20.9. The molecular formula is C27H30F2N4O3. The third-order valence-corrected chi connectivity index (χ3v) is 6.31. The quantitative estimate of drug-likeness (QED) is 0.536. The Balaban J connectivity index is 1.62. The molecule has 9 heteroatoms. The number of ether oxygens (including phenoxy) is 1. The minimum atomic E-state index is -2.65. The minimum absolute atomic E-state index is 0.0372. The maximum absolute atomic E-state index is 13.1. The highest BCUT2D eigenvalue weighted by molar-refractivity contribution is 5.95. The van der Waals surface area contributed by atoms with E-state index < -0.39 is 13.0 Å². The van der Waals surface area contributed by atoms with Crippen LogP contribution >= 0.6 is 0 Å². The van der Waals surface area contributed by atoms with Crippen molar-refractivity contribution in [2.24, 2.45) is 10.4 Å². The minimum Gasteiger partial charge on any atom is -0.486 e. The summed E-state index contributed by atoms with van der Waals surface area (Å²) in [5.74, 6) is 0.0488. The van der Waals surface area contributed by atoms with E-state index in [4.69, 9.17) is 4.74 Å². The number of alkyl halides is 2. The largest absolute Gasteiger partial charge is 0.486 e. The van der Waals surface area contributed by atoms with Crippen LogP contribution in [0.15, 0.2) is 21.9 Å². The first-order valence-electron chi connectivity index (χ1n) is 12.2. The highest BCUT2D eigenvalue weighted by atomic mass is 19.3. The number of benzene rings is 1. The normalized spacial score (nSPS) is 14.8. The summed E-state index contributed by atoms with van der Waals surface area (Å²) in [4.78, 5) is 30.4. The van der Waals surface area contributed by atoms with Gasteiger partial charge in [0.1, 0.15) is 25.0 Å². The number of fused-ring (bicyclic) bond motifs is 2. The van der Waals surface area contributed by atoms with Crippen molar-refractivity contribution in [2.45, 2.75) is 78.7 Å². The van der Waals surface area contributed by atoms with Gasteiger partial charge in [-0.2, -0.15) is 10.4 Å². The van der Waals surface area contributed by atoms with Gasteiger partial charge in [-0.15, -0.1) is 0 Å². The maximum atomic E-state index is 13.1. The molecule has 7 nitrogen and oxygen atoms in total. The predicted octanol–water partition coefficient (Wildman–Crippen LogP) is 4.51. The summed E-state index contributed by atoms with van der Waals surface area (Å²) < 4.78 is 31.6. The molecule has 0 bridgehead atoms. The second kappa shape index (κ2) is 10.3. The Morgan fingerprint density at radius 2 is 1.94 bits per heavy atom. The summed E-state index contributed by atoms with van der Waals surface area (Å²) in [6, 6.07) is 5.15. The standard InChI is InChI=1S/C27H30F2N4O3/c1-27(2,3)12-19(34)14-33-26(35)21-7-5-4-6-20(21)23(32-33)10-18-9-16-8-17(13-30)24(11-22(16)31-18)36-15-25(28)29/h8,11,25H,4-7,9-10,12,14-15H2,1-3H3. The lowest BCUT2D eigenvalue weighted by atomic mass is 9.89. The van der Waals surface area contributed by atoms with Gasteiger partial charge < -0.3 is 4.74 Å². The van der Waals surface area contributed by atoms with Gasteiger partial charge in [0.15, 0.2) is 5.78 Å². The molecule has 1 aliphatic carbocycles. The van der Waals surface area contributed by atoms with E-state index in [1.165, 1.54) is 10.7 Å². The Bertz CT molecular complexity index is 1320. The van der Waals surface area contributed by atoms with Crippen LogP contribution in [0.25, 0.3) is 0 Å². The van der Waals surface area contributed by atoms with Crippen LogP contribution in [0.2, 0.25) is 0 Å². The van der Waals surface area contributed by atoms with Gasteiger partial charge in [-0.3, -0.25) is 14.6 Å². The number of aromatic nitrogens is 2. The van der Waals surface area contributed by atoms with Crippen molar-refractivity contribution in [3.63, 3.8) is 0 Å². The SMILES string of the molecule is CC(C)(C)CC(=O)Cn1nc(CC2=Nc3cc(OCC(F)F)c(C#N)cc3C2)c2c(c1=O)CCCC2. The van der Waals surface area contributed by atoms with Crippen molar-refractivity contribution in [1.82, 2.24) is 9.78 Å². The number of rotatable bonds is 8. The first kappa shape index (κ1) is 25.7. The van der Waals surface area contributed by atoms with E-state index in [2.05, 4.69) is 10.1 Å². The van der Waals surface area contributed by atoms with Crippen molar-refractivity contribution in [2.75, 3.05) is 6.61 Å². The van der Waals surface area contributed by atoms with Crippen molar-refractivity contribution < 1.29 is 18.3 Å². The number of halogens is 2. The molecule has 0 unspecified atom stereocenters. The fourth-order valence-corrected chi connectivity index (χ4v) is 4.87. The third kappa shape index (κ3) is 5.86. The fraction of sp³-hybridized carbons (Fsp3) is 0.519. The van der Waals surface area contributed by atoms with Crippen LogP contribution in [-0.2, 0) is 37.0 Å². The van der Waals surface area contributed by atoms with Crippen molar-refractivity contribution in [3.05, 3.63) is 50.4 Å². The fourth-order valence-electron chi connectivity index (χ4n) is 4.87. The molecule has 4 rings (SSSR count). The van der Waals surface area contributed by atoms with Crippen molar-refractivity contribution in [1.29, 1.82) is 5.26 Å². The summed E-state index contributed by atoms with van der Waals surface area (Å²) in [5, 5.41) is 14.0. The molecule has 0 radical (unpaired) electrons. The highest BCUT2D eigenvalue weighted by Crippen LogP contribution is 2.35. The van der Waals surface area contributed by atoms with Gasteiger partial charge in [-0.05, 0) is 48.3 Å². The molecule has 0 atom stereocenters.